The Labute approximate surface area is 142 Å². The van der Waals surface area contributed by atoms with E-state index in [1.165, 1.54) is 16.9 Å². The van der Waals surface area contributed by atoms with Gasteiger partial charge in [-0.3, -0.25) is 9.36 Å². The van der Waals surface area contributed by atoms with Gasteiger partial charge in [-0.25, -0.2) is 4.98 Å². The second-order valence-electron chi connectivity index (χ2n) is 6.67. The van der Waals surface area contributed by atoms with E-state index >= 15 is 0 Å². The molecule has 1 aliphatic rings. The van der Waals surface area contributed by atoms with Crippen LogP contribution in [-0.4, -0.2) is 34.1 Å². The summed E-state index contributed by atoms with van der Waals surface area (Å²) >= 11 is 1.74. The van der Waals surface area contributed by atoms with Gasteiger partial charge in [-0.05, 0) is 50.8 Å². The third-order valence-corrected chi connectivity index (χ3v) is 6.29. The lowest BCUT2D eigenvalue weighted by atomic mass is 9.89. The third-order valence-electron chi connectivity index (χ3n) is 5.14. The SMILES string of the molecule is CCN(CC)CCn1c(C)nc2sc3c(c2c1=O)CCC(C)C3. The Morgan fingerprint density at radius 1 is 1.35 bits per heavy atom. The van der Waals surface area contributed by atoms with Gasteiger partial charge in [0.2, 0.25) is 0 Å². The van der Waals surface area contributed by atoms with Gasteiger partial charge >= 0.3 is 0 Å². The van der Waals surface area contributed by atoms with Crippen molar-refractivity contribution in [2.75, 3.05) is 19.6 Å². The molecular weight excluding hydrogens is 306 g/mol. The second kappa shape index (κ2) is 6.73. The molecule has 0 saturated heterocycles. The van der Waals surface area contributed by atoms with Crippen molar-refractivity contribution in [3.05, 3.63) is 26.6 Å². The molecule has 0 N–H and O–H groups in total. The fraction of sp³-hybridized carbons (Fsp3) is 0.667. The van der Waals surface area contributed by atoms with Crippen LogP contribution >= 0.6 is 11.3 Å². The summed E-state index contributed by atoms with van der Waals surface area (Å²) in [5, 5.41) is 0.905. The van der Waals surface area contributed by atoms with Crippen molar-refractivity contribution in [3.63, 3.8) is 0 Å². The second-order valence-corrected chi connectivity index (χ2v) is 7.76. The van der Waals surface area contributed by atoms with Crippen molar-refractivity contribution in [3.8, 4) is 0 Å². The summed E-state index contributed by atoms with van der Waals surface area (Å²) in [5.41, 5.74) is 1.46. The molecule has 1 atom stereocenters. The minimum atomic E-state index is 0.173. The number of aromatic nitrogens is 2. The van der Waals surface area contributed by atoms with Crippen LogP contribution in [0.15, 0.2) is 4.79 Å². The van der Waals surface area contributed by atoms with Gasteiger partial charge in [0.25, 0.3) is 5.56 Å². The average Bonchev–Trinajstić information content (AvgIpc) is 2.87. The third kappa shape index (κ3) is 3.09. The molecule has 2 heterocycles. The Balaban J connectivity index is 2.01. The molecule has 0 aliphatic heterocycles. The highest BCUT2D eigenvalue weighted by Gasteiger charge is 2.23. The van der Waals surface area contributed by atoms with Crippen LogP contribution < -0.4 is 5.56 Å². The minimum Gasteiger partial charge on any atom is -0.302 e. The summed E-state index contributed by atoms with van der Waals surface area (Å²) in [4.78, 5) is 22.5. The highest BCUT2D eigenvalue weighted by Crippen LogP contribution is 2.35. The predicted octanol–water partition coefficient (Wildman–Crippen LogP) is 3.23. The van der Waals surface area contributed by atoms with Crippen LogP contribution in [0.1, 0.15) is 43.5 Å². The zero-order valence-electron chi connectivity index (χ0n) is 14.7. The van der Waals surface area contributed by atoms with Crippen LogP contribution in [0.4, 0.5) is 0 Å². The highest BCUT2D eigenvalue weighted by molar-refractivity contribution is 7.18. The number of aryl methyl sites for hydroxylation is 2. The minimum absolute atomic E-state index is 0.173. The Bertz CT molecular complexity index is 758. The number of thiophene rings is 1. The molecule has 126 valence electrons. The van der Waals surface area contributed by atoms with Gasteiger partial charge in [-0.2, -0.15) is 0 Å². The maximum Gasteiger partial charge on any atom is 0.262 e. The molecule has 0 bridgehead atoms. The number of fused-ring (bicyclic) bond motifs is 3. The van der Waals surface area contributed by atoms with Gasteiger partial charge < -0.3 is 4.90 Å². The molecule has 0 radical (unpaired) electrons. The topological polar surface area (TPSA) is 38.1 Å². The van der Waals surface area contributed by atoms with Crippen molar-refractivity contribution in [1.82, 2.24) is 14.5 Å². The molecule has 0 aromatic carbocycles. The van der Waals surface area contributed by atoms with Crippen molar-refractivity contribution in [1.29, 1.82) is 0 Å². The van der Waals surface area contributed by atoms with Crippen LogP contribution in [0, 0.1) is 12.8 Å². The smallest absolute Gasteiger partial charge is 0.262 e. The van der Waals surface area contributed by atoms with Crippen LogP contribution in [0.3, 0.4) is 0 Å². The lowest BCUT2D eigenvalue weighted by molar-refractivity contribution is 0.287. The Hall–Kier alpha value is -1.20. The van der Waals surface area contributed by atoms with E-state index in [2.05, 4.69) is 25.7 Å². The summed E-state index contributed by atoms with van der Waals surface area (Å²) in [7, 11) is 0. The van der Waals surface area contributed by atoms with Gasteiger partial charge in [-0.15, -0.1) is 11.3 Å². The first-order chi connectivity index (χ1) is 11.0. The molecule has 23 heavy (non-hydrogen) atoms. The van der Waals surface area contributed by atoms with Crippen LogP contribution in [0.2, 0.25) is 0 Å². The summed E-state index contributed by atoms with van der Waals surface area (Å²) in [6.45, 7) is 12.3. The largest absolute Gasteiger partial charge is 0.302 e. The van der Waals surface area contributed by atoms with Crippen molar-refractivity contribution >= 4 is 21.6 Å². The van der Waals surface area contributed by atoms with Gasteiger partial charge in [0.05, 0.1) is 5.39 Å². The number of hydrogen-bond donors (Lipinski definition) is 0. The van der Waals surface area contributed by atoms with E-state index in [-0.39, 0.29) is 5.56 Å². The van der Waals surface area contributed by atoms with E-state index in [0.717, 1.165) is 61.0 Å². The fourth-order valence-corrected chi connectivity index (χ4v) is 4.99. The summed E-state index contributed by atoms with van der Waals surface area (Å²) in [6, 6.07) is 0. The lowest BCUT2D eigenvalue weighted by Crippen LogP contribution is -2.32. The monoisotopic (exact) mass is 333 g/mol. The summed E-state index contributed by atoms with van der Waals surface area (Å²) in [6.07, 6.45) is 3.33. The molecule has 0 spiro atoms. The first kappa shape index (κ1) is 16.7. The Morgan fingerprint density at radius 3 is 2.78 bits per heavy atom. The molecule has 2 aromatic rings. The average molecular weight is 334 g/mol. The lowest BCUT2D eigenvalue weighted by Gasteiger charge is -2.20. The van der Waals surface area contributed by atoms with Gasteiger partial charge in [-0.1, -0.05) is 20.8 Å². The van der Waals surface area contributed by atoms with Crippen molar-refractivity contribution in [2.45, 2.75) is 53.5 Å². The molecule has 2 aromatic heterocycles. The van der Waals surface area contributed by atoms with Crippen LogP contribution in [0.25, 0.3) is 10.2 Å². The van der Waals surface area contributed by atoms with E-state index in [4.69, 9.17) is 4.98 Å². The van der Waals surface area contributed by atoms with Crippen molar-refractivity contribution in [2.24, 2.45) is 5.92 Å². The van der Waals surface area contributed by atoms with E-state index in [0.29, 0.717) is 0 Å². The molecule has 1 unspecified atom stereocenters. The molecule has 5 heteroatoms. The maximum absolute atomic E-state index is 13.1. The molecule has 0 fully saturated rings. The normalized spacial score (nSPS) is 17.9. The Kier molecular flexibility index (Phi) is 4.87. The number of nitrogens with zero attached hydrogens (tertiary/aromatic N) is 3. The first-order valence-electron chi connectivity index (χ1n) is 8.79. The Morgan fingerprint density at radius 2 is 2.09 bits per heavy atom. The molecule has 3 rings (SSSR count). The zero-order valence-corrected chi connectivity index (χ0v) is 15.5. The van der Waals surface area contributed by atoms with E-state index in [1.54, 1.807) is 11.3 Å². The van der Waals surface area contributed by atoms with E-state index in [9.17, 15) is 4.79 Å². The standard InChI is InChI=1S/C18H27N3OS/c1-5-20(6-2)9-10-21-13(4)19-17-16(18(21)22)14-8-7-12(3)11-15(14)23-17/h12H,5-11H2,1-4H3. The maximum atomic E-state index is 13.1. The highest BCUT2D eigenvalue weighted by atomic mass is 32.1. The fourth-order valence-electron chi connectivity index (χ4n) is 3.57. The summed E-state index contributed by atoms with van der Waals surface area (Å²) in [5.74, 6) is 1.57. The predicted molar refractivity (Wildman–Crippen MR) is 97.6 cm³/mol. The zero-order chi connectivity index (χ0) is 16.6. The van der Waals surface area contributed by atoms with E-state index < -0.39 is 0 Å². The van der Waals surface area contributed by atoms with Crippen molar-refractivity contribution < 1.29 is 0 Å². The number of rotatable bonds is 5. The van der Waals surface area contributed by atoms with Crippen LogP contribution in [0.5, 0.6) is 0 Å². The van der Waals surface area contributed by atoms with Gasteiger partial charge in [0.1, 0.15) is 10.7 Å². The number of hydrogen-bond acceptors (Lipinski definition) is 4. The van der Waals surface area contributed by atoms with Gasteiger partial charge in [0, 0.05) is 18.0 Å². The number of likely N-dealkylation sites (N-methyl/N-ethyl adjacent to an activating group) is 1. The summed E-state index contributed by atoms with van der Waals surface area (Å²) < 4.78 is 1.88. The van der Waals surface area contributed by atoms with Gasteiger partial charge in [0.15, 0.2) is 0 Å². The van der Waals surface area contributed by atoms with E-state index in [1.807, 2.05) is 11.5 Å². The molecule has 0 amide bonds. The molecule has 4 nitrogen and oxygen atoms in total. The van der Waals surface area contributed by atoms with Crippen LogP contribution in [-0.2, 0) is 19.4 Å². The molecule has 0 saturated carbocycles. The first-order valence-corrected chi connectivity index (χ1v) is 9.60. The molecule has 1 aliphatic carbocycles. The quantitative estimate of drug-likeness (QED) is 0.843. The molecular formula is C18H27N3OS.